The number of nitro benzene ring substituents is 1. The number of nitro groups is 1. The van der Waals surface area contributed by atoms with Gasteiger partial charge in [-0.2, -0.15) is 0 Å². The molecule has 0 aliphatic rings. The highest BCUT2D eigenvalue weighted by Crippen LogP contribution is 2.20. The molecule has 3 aromatic rings. The summed E-state index contributed by atoms with van der Waals surface area (Å²) in [6.45, 7) is 1.55. The van der Waals surface area contributed by atoms with Crippen LogP contribution >= 0.6 is 0 Å². The Morgan fingerprint density at radius 3 is 2.32 bits per heavy atom. The number of ether oxygens (including phenoxy) is 1. The average Bonchev–Trinajstić information content (AvgIpc) is 2.72. The lowest BCUT2D eigenvalue weighted by Gasteiger charge is -2.07. The molecule has 0 amide bonds. The third kappa shape index (κ3) is 4.29. The number of aryl methyl sites for hydroxylation is 1. The Bertz CT molecular complexity index is 1040. The molecule has 0 heterocycles. The predicted octanol–water partition coefficient (Wildman–Crippen LogP) is 4.49. The van der Waals surface area contributed by atoms with Crippen molar-refractivity contribution in [3.63, 3.8) is 0 Å². The zero-order valence-electron chi connectivity index (χ0n) is 15.1. The second-order valence-electron chi connectivity index (χ2n) is 6.23. The predicted molar refractivity (Wildman–Crippen MR) is 103 cm³/mol. The highest BCUT2D eigenvalue weighted by molar-refractivity contribution is 6.09. The highest BCUT2D eigenvalue weighted by Gasteiger charge is 2.16. The number of ketones is 1. The molecule has 3 aromatic carbocycles. The standard InChI is InChI=1S/C22H17NO5/c1-15-10-11-19(13-20(15)23(26)27)22(25)28-14-16-6-5-9-18(12-16)21(24)17-7-3-2-4-8-17/h2-13H,14H2,1H3. The van der Waals surface area contributed by atoms with Crippen LogP contribution in [0.1, 0.15) is 37.4 Å². The molecule has 0 atom stereocenters. The van der Waals surface area contributed by atoms with Crippen LogP contribution in [0.15, 0.2) is 72.8 Å². The molecule has 0 bridgehead atoms. The molecular weight excluding hydrogens is 358 g/mol. The summed E-state index contributed by atoms with van der Waals surface area (Å²) >= 11 is 0. The molecule has 0 fully saturated rings. The molecule has 3 rings (SSSR count). The maximum absolute atomic E-state index is 12.5. The molecular formula is C22H17NO5. The van der Waals surface area contributed by atoms with Gasteiger partial charge in [0.25, 0.3) is 5.69 Å². The maximum atomic E-state index is 12.5. The monoisotopic (exact) mass is 375 g/mol. The summed E-state index contributed by atoms with van der Waals surface area (Å²) in [6, 6.07) is 19.9. The fourth-order valence-electron chi connectivity index (χ4n) is 2.72. The van der Waals surface area contributed by atoms with E-state index < -0.39 is 10.9 Å². The van der Waals surface area contributed by atoms with Gasteiger partial charge in [0, 0.05) is 22.8 Å². The van der Waals surface area contributed by atoms with Gasteiger partial charge in [-0.25, -0.2) is 4.79 Å². The third-order valence-electron chi connectivity index (χ3n) is 4.24. The van der Waals surface area contributed by atoms with Gasteiger partial charge in [-0.1, -0.05) is 54.6 Å². The highest BCUT2D eigenvalue weighted by atomic mass is 16.6. The number of benzene rings is 3. The van der Waals surface area contributed by atoms with E-state index in [9.17, 15) is 19.7 Å². The van der Waals surface area contributed by atoms with Gasteiger partial charge in [0.05, 0.1) is 10.5 Å². The molecule has 6 heteroatoms. The molecule has 0 aromatic heterocycles. The molecule has 28 heavy (non-hydrogen) atoms. The minimum atomic E-state index is -0.664. The quantitative estimate of drug-likeness (QED) is 0.274. The molecule has 0 saturated heterocycles. The Kier molecular flexibility index (Phi) is 5.60. The van der Waals surface area contributed by atoms with E-state index in [0.29, 0.717) is 22.3 Å². The van der Waals surface area contributed by atoms with Crippen molar-refractivity contribution in [1.82, 2.24) is 0 Å². The van der Waals surface area contributed by atoms with Gasteiger partial charge in [-0.3, -0.25) is 14.9 Å². The van der Waals surface area contributed by atoms with Gasteiger partial charge in [0.15, 0.2) is 5.78 Å². The summed E-state index contributed by atoms with van der Waals surface area (Å²) in [5.41, 5.74) is 2.15. The summed E-state index contributed by atoms with van der Waals surface area (Å²) in [7, 11) is 0. The molecule has 0 spiro atoms. The van der Waals surface area contributed by atoms with Crippen molar-refractivity contribution in [3.05, 3.63) is 111 Å². The maximum Gasteiger partial charge on any atom is 0.338 e. The molecule has 0 unspecified atom stereocenters. The van der Waals surface area contributed by atoms with Crippen LogP contribution in [0.2, 0.25) is 0 Å². The minimum Gasteiger partial charge on any atom is -0.457 e. The Labute approximate surface area is 161 Å². The minimum absolute atomic E-state index is 0.0452. The summed E-state index contributed by atoms with van der Waals surface area (Å²) in [5.74, 6) is -0.786. The van der Waals surface area contributed by atoms with E-state index in [2.05, 4.69) is 0 Å². The van der Waals surface area contributed by atoms with Crippen LogP contribution in [-0.2, 0) is 11.3 Å². The van der Waals surface area contributed by atoms with Crippen molar-refractivity contribution < 1.29 is 19.2 Å². The van der Waals surface area contributed by atoms with Gasteiger partial charge in [-0.05, 0) is 24.6 Å². The summed E-state index contributed by atoms with van der Waals surface area (Å²) in [4.78, 5) is 35.2. The van der Waals surface area contributed by atoms with Crippen molar-refractivity contribution in [3.8, 4) is 0 Å². The number of hydrogen-bond donors (Lipinski definition) is 0. The zero-order valence-corrected chi connectivity index (χ0v) is 15.1. The molecule has 0 saturated carbocycles. The van der Waals surface area contributed by atoms with Gasteiger partial charge in [-0.15, -0.1) is 0 Å². The first kappa shape index (κ1) is 19.0. The van der Waals surface area contributed by atoms with Crippen LogP contribution in [0.4, 0.5) is 5.69 Å². The van der Waals surface area contributed by atoms with Crippen LogP contribution in [0.25, 0.3) is 0 Å². The van der Waals surface area contributed by atoms with Crippen LogP contribution in [-0.4, -0.2) is 16.7 Å². The van der Waals surface area contributed by atoms with E-state index in [-0.39, 0.29) is 23.6 Å². The number of carbonyl (C=O) groups is 2. The van der Waals surface area contributed by atoms with E-state index in [1.165, 1.54) is 18.2 Å². The topological polar surface area (TPSA) is 86.5 Å². The number of esters is 1. The first-order valence-electron chi connectivity index (χ1n) is 8.56. The van der Waals surface area contributed by atoms with Crippen LogP contribution in [0.5, 0.6) is 0 Å². The first-order chi connectivity index (χ1) is 13.5. The number of nitrogens with zero attached hydrogens (tertiary/aromatic N) is 1. The van der Waals surface area contributed by atoms with Gasteiger partial charge < -0.3 is 4.74 Å². The Morgan fingerprint density at radius 1 is 0.893 bits per heavy atom. The number of hydrogen-bond acceptors (Lipinski definition) is 5. The largest absolute Gasteiger partial charge is 0.457 e. The first-order valence-corrected chi connectivity index (χ1v) is 8.56. The van der Waals surface area contributed by atoms with Crippen LogP contribution in [0.3, 0.4) is 0 Å². The summed E-state index contributed by atoms with van der Waals surface area (Å²) in [5, 5.41) is 11.0. The fraction of sp³-hybridized carbons (Fsp3) is 0.0909. The number of carbonyl (C=O) groups excluding carboxylic acids is 2. The Hall–Kier alpha value is -3.80. The van der Waals surface area contributed by atoms with Gasteiger partial charge in [0.2, 0.25) is 0 Å². The SMILES string of the molecule is Cc1ccc(C(=O)OCc2cccc(C(=O)c3ccccc3)c2)cc1[N+](=O)[O-]. The van der Waals surface area contributed by atoms with E-state index in [1.54, 1.807) is 55.5 Å². The van der Waals surface area contributed by atoms with E-state index in [1.807, 2.05) is 6.07 Å². The second kappa shape index (κ2) is 8.26. The Balaban J connectivity index is 1.71. The van der Waals surface area contributed by atoms with E-state index in [0.717, 1.165) is 0 Å². The third-order valence-corrected chi connectivity index (χ3v) is 4.24. The van der Waals surface area contributed by atoms with Gasteiger partial charge >= 0.3 is 5.97 Å². The lowest BCUT2D eigenvalue weighted by Crippen LogP contribution is -2.07. The Morgan fingerprint density at radius 2 is 1.61 bits per heavy atom. The number of rotatable bonds is 6. The normalized spacial score (nSPS) is 10.3. The van der Waals surface area contributed by atoms with E-state index >= 15 is 0 Å². The molecule has 6 nitrogen and oxygen atoms in total. The smallest absolute Gasteiger partial charge is 0.338 e. The fourth-order valence-corrected chi connectivity index (χ4v) is 2.72. The van der Waals surface area contributed by atoms with Gasteiger partial charge in [0.1, 0.15) is 6.61 Å². The zero-order chi connectivity index (χ0) is 20.1. The van der Waals surface area contributed by atoms with Crippen molar-refractivity contribution in [1.29, 1.82) is 0 Å². The summed E-state index contributed by atoms with van der Waals surface area (Å²) in [6.07, 6.45) is 0. The van der Waals surface area contributed by atoms with Crippen LogP contribution < -0.4 is 0 Å². The van der Waals surface area contributed by atoms with Crippen molar-refractivity contribution in [2.24, 2.45) is 0 Å². The second-order valence-corrected chi connectivity index (χ2v) is 6.23. The molecule has 0 radical (unpaired) electrons. The van der Waals surface area contributed by atoms with Crippen molar-refractivity contribution in [2.75, 3.05) is 0 Å². The van der Waals surface area contributed by atoms with Crippen molar-refractivity contribution in [2.45, 2.75) is 13.5 Å². The lowest BCUT2D eigenvalue weighted by atomic mass is 10.0. The molecule has 140 valence electrons. The van der Waals surface area contributed by atoms with E-state index in [4.69, 9.17) is 4.74 Å². The molecule has 0 aliphatic carbocycles. The van der Waals surface area contributed by atoms with Crippen LogP contribution in [0, 0.1) is 17.0 Å². The summed E-state index contributed by atoms with van der Waals surface area (Å²) < 4.78 is 5.26. The molecule has 0 N–H and O–H groups in total. The lowest BCUT2D eigenvalue weighted by molar-refractivity contribution is -0.385. The average molecular weight is 375 g/mol. The molecule has 0 aliphatic heterocycles. The van der Waals surface area contributed by atoms with Crippen molar-refractivity contribution >= 4 is 17.4 Å².